The standard InChI is InChI=1S/C6H6F2N2/c1-2-4-5(6(7)8)10-3-9-4/h6H,2H2,1H3. The van der Waals surface area contributed by atoms with Crippen molar-refractivity contribution in [2.24, 2.45) is 4.99 Å². The Hall–Kier alpha value is -0.930. The van der Waals surface area contributed by atoms with Crippen molar-refractivity contribution in [1.82, 2.24) is 5.32 Å². The number of allylic oxidation sites excluding steroid dienone is 2. The monoisotopic (exact) mass is 144 g/mol. The van der Waals surface area contributed by atoms with Crippen molar-refractivity contribution in [1.29, 1.82) is 0 Å². The number of hydrogen-bond donors (Lipinski definition) is 0. The molecule has 1 heterocycles. The topological polar surface area (TPSA) is 26.5 Å². The maximum atomic E-state index is 11.9. The lowest BCUT2D eigenvalue weighted by Gasteiger charge is -1.98. The summed E-state index contributed by atoms with van der Waals surface area (Å²) in [5.41, 5.74) is 0.109. The second-order valence-corrected chi connectivity index (χ2v) is 1.81. The predicted octanol–water partition coefficient (Wildman–Crippen LogP) is 1.40. The summed E-state index contributed by atoms with van der Waals surface area (Å²) in [6.07, 6.45) is 0.113. The lowest BCUT2D eigenvalue weighted by Crippen LogP contribution is -2.07. The lowest BCUT2D eigenvalue weighted by molar-refractivity contribution is 0.183. The summed E-state index contributed by atoms with van der Waals surface area (Å²) in [7, 11) is 0. The Bertz CT molecular complexity index is 184. The smallest absolute Gasteiger partial charge is 0.228 e. The molecule has 0 unspecified atom stereocenters. The van der Waals surface area contributed by atoms with Crippen LogP contribution in [0.2, 0.25) is 0 Å². The molecule has 0 aromatic carbocycles. The maximum Gasteiger partial charge on any atom is 0.282 e. The summed E-state index contributed by atoms with van der Waals surface area (Å²) in [5, 5.41) is 3.30. The largest absolute Gasteiger partial charge is 0.282 e. The number of hydrogen-bond acceptors (Lipinski definition) is 1. The van der Waals surface area contributed by atoms with Gasteiger partial charge in [0.2, 0.25) is 0 Å². The van der Waals surface area contributed by atoms with Gasteiger partial charge in [0.1, 0.15) is 5.70 Å². The van der Waals surface area contributed by atoms with Gasteiger partial charge in [-0.15, -0.1) is 0 Å². The molecule has 4 heteroatoms. The molecule has 1 rings (SSSR count). The molecule has 2 radical (unpaired) electrons. The fourth-order valence-corrected chi connectivity index (χ4v) is 0.696. The van der Waals surface area contributed by atoms with Crippen molar-refractivity contribution < 1.29 is 8.78 Å². The molecule has 54 valence electrons. The van der Waals surface area contributed by atoms with Gasteiger partial charge >= 0.3 is 0 Å². The van der Waals surface area contributed by atoms with Crippen molar-refractivity contribution in [3.63, 3.8) is 0 Å². The number of alkyl halides is 2. The molecule has 0 amide bonds. The van der Waals surface area contributed by atoms with E-state index in [1.807, 2.05) is 0 Å². The van der Waals surface area contributed by atoms with E-state index in [0.29, 0.717) is 12.1 Å². The first kappa shape index (κ1) is 7.18. The number of aliphatic imine (C=N–C) groups is 1. The summed E-state index contributed by atoms with van der Waals surface area (Å²) >= 11 is 0. The van der Waals surface area contributed by atoms with Crippen molar-refractivity contribution in [2.45, 2.75) is 19.8 Å². The van der Waals surface area contributed by atoms with Crippen molar-refractivity contribution in [2.75, 3.05) is 0 Å². The Morgan fingerprint density at radius 3 is 2.70 bits per heavy atom. The van der Waals surface area contributed by atoms with Crippen LogP contribution >= 0.6 is 0 Å². The van der Waals surface area contributed by atoms with Gasteiger partial charge in [0.25, 0.3) is 6.43 Å². The first-order valence-corrected chi connectivity index (χ1v) is 2.93. The van der Waals surface area contributed by atoms with Crippen molar-refractivity contribution in [3.05, 3.63) is 11.4 Å². The summed E-state index contributed by atoms with van der Waals surface area (Å²) < 4.78 is 23.9. The Labute approximate surface area is 57.6 Å². The molecule has 0 atom stereocenters. The first-order chi connectivity index (χ1) is 4.75. The summed E-state index contributed by atoms with van der Waals surface area (Å²) in [5.74, 6) is 0. The molecule has 0 N–H and O–H groups in total. The number of nitrogens with zero attached hydrogens (tertiary/aromatic N) is 2. The van der Waals surface area contributed by atoms with Crippen LogP contribution in [-0.2, 0) is 0 Å². The minimum absolute atomic E-state index is 0.234. The molecule has 10 heavy (non-hydrogen) atoms. The van der Waals surface area contributed by atoms with Gasteiger partial charge in [0.05, 0.1) is 5.70 Å². The van der Waals surface area contributed by atoms with E-state index >= 15 is 0 Å². The molecular weight excluding hydrogens is 138 g/mol. The Balaban J connectivity index is 2.75. The molecule has 0 saturated heterocycles. The van der Waals surface area contributed by atoms with E-state index in [9.17, 15) is 8.78 Å². The van der Waals surface area contributed by atoms with Crippen LogP contribution in [0, 0.1) is 0 Å². The van der Waals surface area contributed by atoms with E-state index < -0.39 is 6.43 Å². The number of rotatable bonds is 2. The molecule has 0 aromatic rings. The second-order valence-electron chi connectivity index (χ2n) is 1.81. The molecule has 0 spiro atoms. The van der Waals surface area contributed by atoms with Crippen LogP contribution in [0.3, 0.4) is 0 Å². The Morgan fingerprint density at radius 1 is 1.60 bits per heavy atom. The lowest BCUT2D eigenvalue weighted by atomic mass is 10.3. The Kier molecular flexibility index (Phi) is 1.99. The molecule has 1 aliphatic heterocycles. The zero-order valence-corrected chi connectivity index (χ0v) is 5.43. The normalized spacial score (nSPS) is 16.8. The van der Waals surface area contributed by atoms with Gasteiger partial charge in [-0.2, -0.15) is 0 Å². The highest BCUT2D eigenvalue weighted by Gasteiger charge is 2.20. The van der Waals surface area contributed by atoms with Gasteiger partial charge in [-0.1, -0.05) is 6.92 Å². The van der Waals surface area contributed by atoms with Gasteiger partial charge in [-0.3, -0.25) is 0 Å². The number of halogens is 2. The van der Waals surface area contributed by atoms with Crippen LogP contribution in [0.5, 0.6) is 0 Å². The van der Waals surface area contributed by atoms with Gasteiger partial charge in [-0.05, 0) is 6.42 Å². The van der Waals surface area contributed by atoms with Crippen LogP contribution in [0.25, 0.3) is 0 Å². The Morgan fingerprint density at radius 2 is 2.30 bits per heavy atom. The van der Waals surface area contributed by atoms with Gasteiger partial charge in [0, 0.05) is 0 Å². The molecule has 0 fully saturated rings. The van der Waals surface area contributed by atoms with Gasteiger partial charge in [-0.25, -0.2) is 19.1 Å². The molecular formula is C6H6F2N2. The summed E-state index contributed by atoms with van der Waals surface area (Å²) in [6.45, 7) is 1.75. The fourth-order valence-electron chi connectivity index (χ4n) is 0.696. The van der Waals surface area contributed by atoms with E-state index in [0.717, 1.165) is 0 Å². The van der Waals surface area contributed by atoms with E-state index in [4.69, 9.17) is 0 Å². The SMILES string of the molecule is CCC1=C(C(F)F)[N][C]=N1. The van der Waals surface area contributed by atoms with Gasteiger partial charge < -0.3 is 0 Å². The first-order valence-electron chi connectivity index (χ1n) is 2.93. The second kappa shape index (κ2) is 2.77. The third kappa shape index (κ3) is 1.15. The average Bonchev–Trinajstić information content (AvgIpc) is 2.33. The molecule has 0 aliphatic carbocycles. The third-order valence-electron chi connectivity index (χ3n) is 1.19. The van der Waals surface area contributed by atoms with Crippen LogP contribution in [0.4, 0.5) is 8.78 Å². The van der Waals surface area contributed by atoms with Crippen LogP contribution in [-0.4, -0.2) is 12.8 Å². The van der Waals surface area contributed by atoms with E-state index in [1.165, 1.54) is 0 Å². The molecule has 0 aromatic heterocycles. The third-order valence-corrected chi connectivity index (χ3v) is 1.19. The van der Waals surface area contributed by atoms with Crippen LogP contribution in [0.15, 0.2) is 16.4 Å². The van der Waals surface area contributed by atoms with Crippen molar-refractivity contribution >= 4 is 6.34 Å². The predicted molar refractivity (Wildman–Crippen MR) is 32.9 cm³/mol. The molecule has 0 saturated carbocycles. The highest BCUT2D eigenvalue weighted by molar-refractivity contribution is 5.63. The molecule has 1 aliphatic rings. The quantitative estimate of drug-likeness (QED) is 0.560. The van der Waals surface area contributed by atoms with Gasteiger partial charge in [0.15, 0.2) is 6.34 Å². The zero-order chi connectivity index (χ0) is 7.56. The summed E-state index contributed by atoms with van der Waals surface area (Å²) in [6, 6.07) is 0. The van der Waals surface area contributed by atoms with E-state index in [1.54, 1.807) is 6.92 Å². The van der Waals surface area contributed by atoms with Crippen LogP contribution < -0.4 is 5.32 Å². The van der Waals surface area contributed by atoms with E-state index in [-0.39, 0.29) is 5.70 Å². The van der Waals surface area contributed by atoms with E-state index in [2.05, 4.69) is 16.6 Å². The minimum Gasteiger partial charge on any atom is -0.228 e. The summed E-state index contributed by atoms with van der Waals surface area (Å²) in [4.78, 5) is 3.54. The molecule has 2 nitrogen and oxygen atoms in total. The van der Waals surface area contributed by atoms with Crippen LogP contribution in [0.1, 0.15) is 13.3 Å². The maximum absolute atomic E-state index is 11.9. The minimum atomic E-state index is -2.52. The highest BCUT2D eigenvalue weighted by atomic mass is 19.3. The van der Waals surface area contributed by atoms with Crippen molar-refractivity contribution in [3.8, 4) is 0 Å². The average molecular weight is 144 g/mol. The molecule has 0 bridgehead atoms. The fraction of sp³-hybridized carbons (Fsp3) is 0.500. The zero-order valence-electron chi connectivity index (χ0n) is 5.43. The highest BCUT2D eigenvalue weighted by Crippen LogP contribution is 2.18.